The second-order valence-corrected chi connectivity index (χ2v) is 6.02. The molecule has 2 atom stereocenters. The Labute approximate surface area is 120 Å². The molecule has 1 aliphatic heterocycles. The topological polar surface area (TPSA) is 72.9 Å². The molecule has 1 aliphatic rings. The predicted octanol–water partition coefficient (Wildman–Crippen LogP) is 0.304. The number of ether oxygens (including phenoxy) is 1. The van der Waals surface area contributed by atoms with Crippen LogP contribution in [0.2, 0.25) is 0 Å². The van der Waals surface area contributed by atoms with Gasteiger partial charge in [0.25, 0.3) is 5.56 Å². The third-order valence-electron chi connectivity index (χ3n) is 3.51. The molecule has 0 radical (unpaired) electrons. The highest BCUT2D eigenvalue weighted by atomic mass is 32.1. The van der Waals surface area contributed by atoms with Gasteiger partial charge in [-0.2, -0.15) is 0 Å². The van der Waals surface area contributed by atoms with Crippen LogP contribution in [0.1, 0.15) is 12.6 Å². The van der Waals surface area contributed by atoms with Crippen LogP contribution in [-0.4, -0.2) is 46.1 Å². The summed E-state index contributed by atoms with van der Waals surface area (Å²) in [6.07, 6.45) is 1.80. The van der Waals surface area contributed by atoms with Crippen LogP contribution in [0.25, 0.3) is 4.96 Å². The summed E-state index contributed by atoms with van der Waals surface area (Å²) in [6.45, 7) is 4.91. The van der Waals surface area contributed by atoms with Crippen molar-refractivity contribution in [2.75, 3.05) is 19.7 Å². The third-order valence-corrected chi connectivity index (χ3v) is 4.26. The molecule has 0 amide bonds. The van der Waals surface area contributed by atoms with E-state index in [1.807, 2.05) is 12.3 Å². The van der Waals surface area contributed by atoms with Gasteiger partial charge in [0.2, 0.25) is 0 Å². The molecule has 6 nitrogen and oxygen atoms in total. The third kappa shape index (κ3) is 2.76. The number of thiazole rings is 1. The molecule has 0 bridgehead atoms. The molecule has 0 saturated carbocycles. The van der Waals surface area contributed by atoms with Gasteiger partial charge in [0.05, 0.1) is 18.4 Å². The summed E-state index contributed by atoms with van der Waals surface area (Å²) in [5.41, 5.74) is 6.67. The van der Waals surface area contributed by atoms with Crippen LogP contribution < -0.4 is 11.3 Å². The lowest BCUT2D eigenvalue weighted by Gasteiger charge is -2.34. The van der Waals surface area contributed by atoms with Gasteiger partial charge in [0, 0.05) is 43.3 Å². The van der Waals surface area contributed by atoms with E-state index in [-0.39, 0.29) is 17.7 Å². The molecule has 20 heavy (non-hydrogen) atoms. The van der Waals surface area contributed by atoms with E-state index >= 15 is 0 Å². The van der Waals surface area contributed by atoms with E-state index in [2.05, 4.69) is 9.88 Å². The monoisotopic (exact) mass is 294 g/mol. The van der Waals surface area contributed by atoms with Crippen molar-refractivity contribution in [3.63, 3.8) is 0 Å². The number of morpholine rings is 1. The molecular weight excluding hydrogens is 276 g/mol. The average Bonchev–Trinajstić information content (AvgIpc) is 2.88. The fraction of sp³-hybridized carbons (Fsp3) is 0.538. The van der Waals surface area contributed by atoms with Gasteiger partial charge in [0.1, 0.15) is 0 Å². The molecule has 7 heteroatoms. The smallest absolute Gasteiger partial charge is 0.258 e. The molecule has 1 saturated heterocycles. The van der Waals surface area contributed by atoms with Crippen LogP contribution >= 0.6 is 11.3 Å². The van der Waals surface area contributed by atoms with Crippen molar-refractivity contribution in [1.82, 2.24) is 14.3 Å². The molecule has 0 aromatic carbocycles. The van der Waals surface area contributed by atoms with E-state index in [1.54, 1.807) is 16.7 Å². The number of hydrogen-bond acceptors (Lipinski definition) is 6. The van der Waals surface area contributed by atoms with E-state index in [0.29, 0.717) is 13.2 Å². The number of rotatable bonds is 3. The molecule has 0 aliphatic carbocycles. The van der Waals surface area contributed by atoms with Crippen molar-refractivity contribution in [1.29, 1.82) is 0 Å². The van der Waals surface area contributed by atoms with Crippen LogP contribution in [0.15, 0.2) is 22.4 Å². The highest BCUT2D eigenvalue weighted by molar-refractivity contribution is 7.15. The Balaban J connectivity index is 1.77. The highest BCUT2D eigenvalue weighted by Gasteiger charge is 2.23. The summed E-state index contributed by atoms with van der Waals surface area (Å²) >= 11 is 1.47. The van der Waals surface area contributed by atoms with Gasteiger partial charge in [-0.05, 0) is 6.92 Å². The zero-order chi connectivity index (χ0) is 14.1. The van der Waals surface area contributed by atoms with Crippen LogP contribution in [0.4, 0.5) is 0 Å². The van der Waals surface area contributed by atoms with Crippen molar-refractivity contribution < 1.29 is 4.74 Å². The average molecular weight is 294 g/mol. The Morgan fingerprint density at radius 2 is 2.50 bits per heavy atom. The summed E-state index contributed by atoms with van der Waals surface area (Å²) in [4.78, 5) is 19.4. The van der Waals surface area contributed by atoms with E-state index in [9.17, 15) is 4.79 Å². The van der Waals surface area contributed by atoms with Gasteiger partial charge in [0.15, 0.2) is 4.96 Å². The minimum absolute atomic E-state index is 0.0103. The number of nitrogens with two attached hydrogens (primary N) is 1. The molecule has 2 aromatic heterocycles. The molecular formula is C13H18N4O2S. The van der Waals surface area contributed by atoms with Crippen molar-refractivity contribution >= 4 is 16.3 Å². The van der Waals surface area contributed by atoms with E-state index in [0.717, 1.165) is 23.7 Å². The number of fused-ring (bicyclic) bond motifs is 1. The van der Waals surface area contributed by atoms with Crippen molar-refractivity contribution in [2.45, 2.75) is 25.6 Å². The molecule has 2 unspecified atom stereocenters. The normalized spacial score (nSPS) is 22.2. The molecule has 2 N–H and O–H groups in total. The first kappa shape index (κ1) is 13.7. The van der Waals surface area contributed by atoms with Gasteiger partial charge in [-0.25, -0.2) is 4.98 Å². The van der Waals surface area contributed by atoms with Crippen molar-refractivity contribution in [2.24, 2.45) is 5.73 Å². The first-order chi connectivity index (χ1) is 9.63. The second kappa shape index (κ2) is 5.61. The molecule has 108 valence electrons. The summed E-state index contributed by atoms with van der Waals surface area (Å²) < 4.78 is 7.21. The largest absolute Gasteiger partial charge is 0.374 e. The number of aromatic nitrogens is 2. The van der Waals surface area contributed by atoms with E-state index in [1.165, 1.54) is 11.3 Å². The van der Waals surface area contributed by atoms with E-state index < -0.39 is 0 Å². The van der Waals surface area contributed by atoms with Gasteiger partial charge >= 0.3 is 0 Å². The minimum atomic E-state index is -0.0248. The fourth-order valence-corrected chi connectivity index (χ4v) is 3.13. The van der Waals surface area contributed by atoms with Gasteiger partial charge in [-0.15, -0.1) is 11.3 Å². The Kier molecular flexibility index (Phi) is 3.84. The van der Waals surface area contributed by atoms with Crippen LogP contribution in [0.5, 0.6) is 0 Å². The molecule has 2 aromatic rings. The van der Waals surface area contributed by atoms with E-state index in [4.69, 9.17) is 10.5 Å². The number of hydrogen-bond donors (Lipinski definition) is 1. The highest BCUT2D eigenvalue weighted by Crippen LogP contribution is 2.12. The molecule has 3 heterocycles. The maximum absolute atomic E-state index is 11.9. The van der Waals surface area contributed by atoms with Gasteiger partial charge in [-0.1, -0.05) is 0 Å². The summed E-state index contributed by atoms with van der Waals surface area (Å²) in [5.74, 6) is 0. The second-order valence-electron chi connectivity index (χ2n) is 5.14. The van der Waals surface area contributed by atoms with Gasteiger partial charge < -0.3 is 10.5 Å². The van der Waals surface area contributed by atoms with Crippen LogP contribution in [0, 0.1) is 0 Å². The zero-order valence-corrected chi connectivity index (χ0v) is 12.2. The minimum Gasteiger partial charge on any atom is -0.374 e. The number of nitrogens with zero attached hydrogens (tertiary/aromatic N) is 3. The molecule has 0 spiro atoms. The lowest BCUT2D eigenvalue weighted by Crippen LogP contribution is -2.49. The first-order valence-corrected chi connectivity index (χ1v) is 7.57. The maximum atomic E-state index is 11.9. The lowest BCUT2D eigenvalue weighted by atomic mass is 10.1. The summed E-state index contributed by atoms with van der Waals surface area (Å²) in [5, 5.41) is 1.87. The lowest BCUT2D eigenvalue weighted by molar-refractivity contribution is -0.0406. The van der Waals surface area contributed by atoms with Crippen LogP contribution in [-0.2, 0) is 11.3 Å². The summed E-state index contributed by atoms with van der Waals surface area (Å²) in [7, 11) is 0. The maximum Gasteiger partial charge on any atom is 0.258 e. The fourth-order valence-electron chi connectivity index (χ4n) is 2.39. The zero-order valence-electron chi connectivity index (χ0n) is 11.4. The molecule has 1 fully saturated rings. The predicted molar refractivity (Wildman–Crippen MR) is 78.0 cm³/mol. The van der Waals surface area contributed by atoms with Crippen LogP contribution in [0.3, 0.4) is 0 Å². The Bertz CT molecular complexity index is 651. The first-order valence-electron chi connectivity index (χ1n) is 6.69. The molecule has 3 rings (SSSR count). The summed E-state index contributed by atoms with van der Waals surface area (Å²) in [6, 6.07) is 1.62. The van der Waals surface area contributed by atoms with Crippen molar-refractivity contribution in [3.8, 4) is 0 Å². The standard InChI is InChI=1S/C13H18N4O2S/c1-9(14)11-8-16(2-4-19-11)7-10-6-12(18)17-3-5-20-13(17)15-10/h3,5-6,9,11H,2,4,7-8,14H2,1H3. The Morgan fingerprint density at radius 1 is 1.65 bits per heavy atom. The Morgan fingerprint density at radius 3 is 3.30 bits per heavy atom. The quantitative estimate of drug-likeness (QED) is 0.881. The van der Waals surface area contributed by atoms with Crippen molar-refractivity contribution in [3.05, 3.63) is 33.7 Å². The Hall–Kier alpha value is -1.28. The SMILES string of the molecule is CC(N)C1CN(Cc2cc(=O)n3ccsc3n2)CCO1. The van der Waals surface area contributed by atoms with Gasteiger partial charge in [-0.3, -0.25) is 14.1 Å².